The summed E-state index contributed by atoms with van der Waals surface area (Å²) in [6.45, 7) is 0. The average molecular weight is 194 g/mol. The number of aliphatic carboxylic acids is 1. The van der Waals surface area contributed by atoms with E-state index in [0.29, 0.717) is 6.29 Å². The summed E-state index contributed by atoms with van der Waals surface area (Å²) in [5.74, 6) is -1.80. The van der Waals surface area contributed by atoms with Crippen LogP contribution in [-0.4, -0.2) is 17.4 Å². The van der Waals surface area contributed by atoms with E-state index in [1.54, 1.807) is 0 Å². The molecule has 0 aliphatic carbocycles. The first-order valence-corrected chi connectivity index (χ1v) is 3.80. The quantitative estimate of drug-likeness (QED) is 0.585. The van der Waals surface area contributed by atoms with Crippen molar-refractivity contribution < 1.29 is 19.1 Å². The molecule has 0 heterocycles. The Labute approximate surface area is 79.5 Å². The van der Waals surface area contributed by atoms with Gasteiger partial charge >= 0.3 is 5.97 Å². The standard InChI is InChI=1S/C10H7FO3/c11-8-3-1-2-7(6-8)9(4-5-12)10(13)14/h1-6H,(H,13,14). The zero-order chi connectivity index (χ0) is 10.6. The topological polar surface area (TPSA) is 54.4 Å². The first-order valence-electron chi connectivity index (χ1n) is 3.80. The molecule has 0 aliphatic heterocycles. The molecule has 0 bridgehead atoms. The van der Waals surface area contributed by atoms with E-state index in [2.05, 4.69) is 0 Å². The molecule has 0 saturated heterocycles. The van der Waals surface area contributed by atoms with E-state index in [-0.39, 0.29) is 11.1 Å². The minimum absolute atomic E-state index is 0.171. The van der Waals surface area contributed by atoms with Crippen molar-refractivity contribution in [1.82, 2.24) is 0 Å². The van der Waals surface area contributed by atoms with Crippen LogP contribution in [0.25, 0.3) is 5.57 Å². The molecule has 0 aliphatic rings. The lowest BCUT2D eigenvalue weighted by molar-refractivity contribution is -0.130. The lowest BCUT2D eigenvalue weighted by atomic mass is 10.1. The lowest BCUT2D eigenvalue weighted by Gasteiger charge is -2.00. The third-order valence-corrected chi connectivity index (χ3v) is 1.60. The molecule has 4 heteroatoms. The van der Waals surface area contributed by atoms with Gasteiger partial charge < -0.3 is 5.11 Å². The summed E-state index contributed by atoms with van der Waals surface area (Å²) in [5, 5.41) is 8.70. The summed E-state index contributed by atoms with van der Waals surface area (Å²) in [6.07, 6.45) is 1.24. The van der Waals surface area contributed by atoms with Gasteiger partial charge in [0.1, 0.15) is 12.1 Å². The number of rotatable bonds is 3. The van der Waals surface area contributed by atoms with Crippen LogP contribution in [0.2, 0.25) is 0 Å². The van der Waals surface area contributed by atoms with Gasteiger partial charge in [0.05, 0.1) is 5.57 Å². The molecule has 0 saturated carbocycles. The average Bonchev–Trinajstić information content (AvgIpc) is 2.13. The monoisotopic (exact) mass is 194 g/mol. The second-order valence-electron chi connectivity index (χ2n) is 2.53. The predicted molar refractivity (Wildman–Crippen MR) is 48.1 cm³/mol. The highest BCUT2D eigenvalue weighted by atomic mass is 19.1. The molecule has 1 aromatic rings. The predicted octanol–water partition coefficient (Wildman–Crippen LogP) is 1.49. The number of aldehydes is 1. The third-order valence-electron chi connectivity index (χ3n) is 1.60. The molecule has 0 amide bonds. The maximum absolute atomic E-state index is 12.7. The second kappa shape index (κ2) is 4.32. The Balaban J connectivity index is 3.18. The van der Waals surface area contributed by atoms with Crippen molar-refractivity contribution in [3.05, 3.63) is 41.7 Å². The summed E-state index contributed by atoms with van der Waals surface area (Å²) in [5.41, 5.74) is -0.0518. The summed E-state index contributed by atoms with van der Waals surface area (Å²) in [6, 6.07) is 5.06. The lowest BCUT2D eigenvalue weighted by Crippen LogP contribution is -2.00. The summed E-state index contributed by atoms with van der Waals surface area (Å²) in [4.78, 5) is 20.8. The zero-order valence-electron chi connectivity index (χ0n) is 7.11. The van der Waals surface area contributed by atoms with E-state index in [9.17, 15) is 14.0 Å². The van der Waals surface area contributed by atoms with Crippen LogP contribution in [0.5, 0.6) is 0 Å². The Morgan fingerprint density at radius 2 is 2.14 bits per heavy atom. The highest BCUT2D eigenvalue weighted by molar-refractivity contribution is 6.18. The van der Waals surface area contributed by atoms with E-state index >= 15 is 0 Å². The third kappa shape index (κ3) is 2.26. The van der Waals surface area contributed by atoms with Gasteiger partial charge in [0.15, 0.2) is 0 Å². The largest absolute Gasteiger partial charge is 0.478 e. The van der Waals surface area contributed by atoms with Crippen molar-refractivity contribution in [1.29, 1.82) is 0 Å². The van der Waals surface area contributed by atoms with Gasteiger partial charge in [-0.15, -0.1) is 0 Å². The van der Waals surface area contributed by atoms with Crippen LogP contribution in [0.3, 0.4) is 0 Å². The number of hydrogen-bond acceptors (Lipinski definition) is 2. The number of benzene rings is 1. The minimum atomic E-state index is -1.26. The number of carboxylic acids is 1. The Morgan fingerprint density at radius 1 is 1.43 bits per heavy atom. The van der Waals surface area contributed by atoms with Crippen LogP contribution in [0, 0.1) is 5.82 Å². The summed E-state index contributed by atoms with van der Waals surface area (Å²) in [7, 11) is 0. The van der Waals surface area contributed by atoms with Crippen LogP contribution in [0.15, 0.2) is 30.3 Å². The minimum Gasteiger partial charge on any atom is -0.478 e. The molecular weight excluding hydrogens is 187 g/mol. The molecule has 3 nitrogen and oxygen atoms in total. The van der Waals surface area contributed by atoms with Crippen molar-refractivity contribution in [3.8, 4) is 0 Å². The number of hydrogen-bond donors (Lipinski definition) is 1. The Kier molecular flexibility index (Phi) is 3.12. The molecular formula is C10H7FO3. The fourth-order valence-electron chi connectivity index (χ4n) is 1.02. The van der Waals surface area contributed by atoms with Crippen molar-refractivity contribution in [2.45, 2.75) is 0 Å². The van der Waals surface area contributed by atoms with Crippen molar-refractivity contribution in [3.63, 3.8) is 0 Å². The van der Waals surface area contributed by atoms with E-state index < -0.39 is 11.8 Å². The zero-order valence-corrected chi connectivity index (χ0v) is 7.11. The number of halogens is 1. The molecule has 1 N–H and O–H groups in total. The van der Waals surface area contributed by atoms with Crippen LogP contribution < -0.4 is 0 Å². The normalized spacial score (nSPS) is 11.1. The molecule has 1 rings (SSSR count). The highest BCUT2D eigenvalue weighted by Gasteiger charge is 2.09. The molecule has 72 valence electrons. The molecule has 0 atom stereocenters. The van der Waals surface area contributed by atoms with Crippen molar-refractivity contribution in [2.24, 2.45) is 0 Å². The van der Waals surface area contributed by atoms with Gasteiger partial charge in [-0.3, -0.25) is 4.79 Å². The van der Waals surface area contributed by atoms with Gasteiger partial charge in [-0.05, 0) is 23.8 Å². The molecule has 0 aromatic heterocycles. The molecule has 14 heavy (non-hydrogen) atoms. The van der Waals surface area contributed by atoms with Gasteiger partial charge in [0.2, 0.25) is 0 Å². The first-order chi connectivity index (χ1) is 6.65. The SMILES string of the molecule is O=CC=C(C(=O)O)c1cccc(F)c1. The van der Waals surface area contributed by atoms with Gasteiger partial charge in [-0.25, -0.2) is 9.18 Å². The number of carbonyl (C=O) groups excluding carboxylic acids is 1. The molecule has 0 spiro atoms. The van der Waals surface area contributed by atoms with Crippen molar-refractivity contribution >= 4 is 17.8 Å². The highest BCUT2D eigenvalue weighted by Crippen LogP contribution is 2.14. The number of allylic oxidation sites excluding steroid dienone is 1. The van der Waals surface area contributed by atoms with Crippen LogP contribution in [0.4, 0.5) is 4.39 Å². The Bertz CT molecular complexity index is 396. The van der Waals surface area contributed by atoms with Crippen LogP contribution >= 0.6 is 0 Å². The maximum atomic E-state index is 12.7. The van der Waals surface area contributed by atoms with E-state index in [4.69, 9.17) is 5.11 Å². The first kappa shape index (κ1) is 10.1. The van der Waals surface area contributed by atoms with E-state index in [1.807, 2.05) is 0 Å². The van der Waals surface area contributed by atoms with E-state index in [1.165, 1.54) is 18.2 Å². The summed E-state index contributed by atoms with van der Waals surface area (Å²) < 4.78 is 12.7. The molecule has 0 fully saturated rings. The van der Waals surface area contributed by atoms with Crippen molar-refractivity contribution in [2.75, 3.05) is 0 Å². The van der Waals surface area contributed by atoms with Gasteiger partial charge in [0, 0.05) is 0 Å². The van der Waals surface area contributed by atoms with Gasteiger partial charge in [0.25, 0.3) is 0 Å². The number of carboxylic acid groups (broad SMARTS) is 1. The van der Waals surface area contributed by atoms with Crippen LogP contribution in [-0.2, 0) is 9.59 Å². The maximum Gasteiger partial charge on any atom is 0.336 e. The Hall–Kier alpha value is -1.97. The summed E-state index contributed by atoms with van der Waals surface area (Å²) >= 11 is 0. The van der Waals surface area contributed by atoms with Gasteiger partial charge in [-0.1, -0.05) is 12.1 Å². The molecule has 1 aromatic carbocycles. The molecule has 0 radical (unpaired) electrons. The fraction of sp³-hybridized carbons (Fsp3) is 0. The Morgan fingerprint density at radius 3 is 2.64 bits per heavy atom. The number of carbonyl (C=O) groups is 2. The van der Waals surface area contributed by atoms with E-state index in [0.717, 1.165) is 12.1 Å². The molecule has 0 unspecified atom stereocenters. The second-order valence-corrected chi connectivity index (χ2v) is 2.53. The smallest absolute Gasteiger partial charge is 0.336 e. The van der Waals surface area contributed by atoms with Gasteiger partial charge in [-0.2, -0.15) is 0 Å². The van der Waals surface area contributed by atoms with Crippen LogP contribution in [0.1, 0.15) is 5.56 Å². The fourth-order valence-corrected chi connectivity index (χ4v) is 1.02.